The highest BCUT2D eigenvalue weighted by Crippen LogP contribution is 2.21. The van der Waals surface area contributed by atoms with Crippen LogP contribution in [0.5, 0.6) is 0 Å². The molecule has 0 radical (unpaired) electrons. The predicted molar refractivity (Wildman–Crippen MR) is 109 cm³/mol. The zero-order valence-corrected chi connectivity index (χ0v) is 16.7. The molecule has 1 fully saturated rings. The van der Waals surface area contributed by atoms with Gasteiger partial charge in [-0.25, -0.2) is 4.79 Å². The van der Waals surface area contributed by atoms with Gasteiger partial charge in [0.25, 0.3) is 0 Å². The van der Waals surface area contributed by atoms with Crippen LogP contribution in [0, 0.1) is 5.92 Å². The van der Waals surface area contributed by atoms with Gasteiger partial charge in [0, 0.05) is 50.2 Å². The second-order valence-electron chi connectivity index (χ2n) is 7.11. The minimum atomic E-state index is -0.0514. The summed E-state index contributed by atoms with van der Waals surface area (Å²) < 4.78 is 1.86. The number of aromatic nitrogens is 2. The Kier molecular flexibility index (Phi) is 6.68. The van der Waals surface area contributed by atoms with Crippen molar-refractivity contribution in [2.75, 3.05) is 31.5 Å². The number of likely N-dealkylation sites (tertiary alicyclic amines) is 1. The van der Waals surface area contributed by atoms with Gasteiger partial charge in [-0.2, -0.15) is 5.10 Å². The molecule has 7 heteroatoms. The fraction of sp³-hybridized carbons (Fsp3) is 0.476. The van der Waals surface area contributed by atoms with Gasteiger partial charge in [-0.3, -0.25) is 9.48 Å². The normalized spacial score (nSPS) is 14.7. The maximum atomic E-state index is 12.6. The first-order valence-electron chi connectivity index (χ1n) is 10.0. The first-order chi connectivity index (χ1) is 13.6. The number of hydrogen-bond acceptors (Lipinski definition) is 3. The number of carbonyl (C=O) groups is 2. The van der Waals surface area contributed by atoms with Gasteiger partial charge in [-0.15, -0.1) is 0 Å². The number of anilines is 1. The maximum Gasteiger partial charge on any atom is 0.319 e. The summed E-state index contributed by atoms with van der Waals surface area (Å²) in [7, 11) is 0. The van der Waals surface area contributed by atoms with Gasteiger partial charge < -0.3 is 15.1 Å². The number of piperidine rings is 1. The van der Waals surface area contributed by atoms with E-state index in [-0.39, 0.29) is 17.9 Å². The van der Waals surface area contributed by atoms with Crippen LogP contribution in [0.3, 0.4) is 0 Å². The first kappa shape index (κ1) is 19.9. The average Bonchev–Trinajstić information content (AvgIpc) is 3.23. The quantitative estimate of drug-likeness (QED) is 0.833. The van der Waals surface area contributed by atoms with E-state index >= 15 is 0 Å². The molecule has 1 aliphatic rings. The molecule has 0 aliphatic carbocycles. The van der Waals surface area contributed by atoms with Crippen molar-refractivity contribution < 1.29 is 9.59 Å². The van der Waals surface area contributed by atoms with E-state index in [1.807, 2.05) is 64.9 Å². The Labute approximate surface area is 166 Å². The summed E-state index contributed by atoms with van der Waals surface area (Å²) in [6.45, 7) is 7.38. The minimum Gasteiger partial charge on any atom is -0.326 e. The van der Waals surface area contributed by atoms with E-state index in [9.17, 15) is 9.59 Å². The van der Waals surface area contributed by atoms with Crippen molar-refractivity contribution in [3.05, 3.63) is 48.3 Å². The number of nitrogens with one attached hydrogen (secondary N) is 1. The summed E-state index contributed by atoms with van der Waals surface area (Å²) in [5, 5.41) is 7.21. The van der Waals surface area contributed by atoms with Crippen LogP contribution in [0.2, 0.25) is 0 Å². The van der Waals surface area contributed by atoms with E-state index in [0.29, 0.717) is 45.6 Å². The molecule has 0 atom stereocenters. The molecule has 0 saturated carbocycles. The second-order valence-corrected chi connectivity index (χ2v) is 7.11. The Balaban J connectivity index is 1.48. The Hall–Kier alpha value is -2.83. The van der Waals surface area contributed by atoms with Crippen LogP contribution >= 0.6 is 0 Å². The zero-order valence-electron chi connectivity index (χ0n) is 16.7. The molecule has 150 valence electrons. The van der Waals surface area contributed by atoms with Crippen LogP contribution in [-0.4, -0.2) is 57.7 Å². The van der Waals surface area contributed by atoms with E-state index in [1.54, 1.807) is 6.20 Å². The Morgan fingerprint density at radius 1 is 1.14 bits per heavy atom. The van der Waals surface area contributed by atoms with Crippen molar-refractivity contribution in [1.29, 1.82) is 0 Å². The van der Waals surface area contributed by atoms with Crippen molar-refractivity contribution in [3.63, 3.8) is 0 Å². The van der Waals surface area contributed by atoms with Gasteiger partial charge in [0.2, 0.25) is 5.91 Å². The molecule has 1 N–H and O–H groups in total. The third kappa shape index (κ3) is 4.91. The van der Waals surface area contributed by atoms with E-state index in [0.717, 1.165) is 11.3 Å². The van der Waals surface area contributed by atoms with Gasteiger partial charge in [0.05, 0.1) is 6.54 Å². The molecular formula is C21H29N5O2. The molecule has 1 saturated heterocycles. The number of benzene rings is 1. The molecule has 28 heavy (non-hydrogen) atoms. The van der Waals surface area contributed by atoms with E-state index in [4.69, 9.17) is 0 Å². The van der Waals surface area contributed by atoms with Crippen molar-refractivity contribution in [1.82, 2.24) is 19.6 Å². The third-order valence-corrected chi connectivity index (χ3v) is 5.30. The smallest absolute Gasteiger partial charge is 0.319 e. The summed E-state index contributed by atoms with van der Waals surface area (Å²) in [6.07, 6.45) is 5.09. The highest BCUT2D eigenvalue weighted by Gasteiger charge is 2.28. The third-order valence-electron chi connectivity index (χ3n) is 5.30. The molecule has 1 aromatic carbocycles. The van der Waals surface area contributed by atoms with Crippen molar-refractivity contribution >= 4 is 17.6 Å². The lowest BCUT2D eigenvalue weighted by atomic mass is 9.96. The highest BCUT2D eigenvalue weighted by molar-refractivity contribution is 5.92. The summed E-state index contributed by atoms with van der Waals surface area (Å²) in [5.74, 6) is -0.0146. The Morgan fingerprint density at radius 2 is 1.82 bits per heavy atom. The molecule has 0 spiro atoms. The summed E-state index contributed by atoms with van der Waals surface area (Å²) >= 11 is 0. The molecule has 1 aromatic heterocycles. The van der Waals surface area contributed by atoms with Gasteiger partial charge in [-0.05, 0) is 50.5 Å². The lowest BCUT2D eigenvalue weighted by molar-refractivity contribution is -0.121. The van der Waals surface area contributed by atoms with Crippen LogP contribution in [0.4, 0.5) is 10.5 Å². The molecule has 2 aromatic rings. The van der Waals surface area contributed by atoms with Gasteiger partial charge in [0.15, 0.2) is 0 Å². The average molecular weight is 383 g/mol. The van der Waals surface area contributed by atoms with Crippen LogP contribution < -0.4 is 5.32 Å². The molecular weight excluding hydrogens is 354 g/mol. The maximum absolute atomic E-state index is 12.6. The molecule has 0 unspecified atom stereocenters. The standard InChI is InChI=1S/C21H29N5O2/c1-3-24(4-2)21(28)25-14-10-18(11-15-25)20(27)23-19-8-6-17(7-9-19)16-26-13-5-12-22-26/h5-9,12-13,18H,3-4,10-11,14-16H2,1-2H3,(H,23,27). The van der Waals surface area contributed by atoms with Gasteiger partial charge >= 0.3 is 6.03 Å². The Morgan fingerprint density at radius 3 is 2.39 bits per heavy atom. The van der Waals surface area contributed by atoms with E-state index in [2.05, 4.69) is 10.4 Å². The fourth-order valence-corrected chi connectivity index (χ4v) is 3.55. The van der Waals surface area contributed by atoms with Crippen molar-refractivity contribution in [2.24, 2.45) is 5.92 Å². The number of amides is 3. The number of rotatable bonds is 6. The SMILES string of the molecule is CCN(CC)C(=O)N1CCC(C(=O)Nc2ccc(Cn3cccn3)cc2)CC1. The predicted octanol–water partition coefficient (Wildman–Crippen LogP) is 3.04. The fourth-order valence-electron chi connectivity index (χ4n) is 3.55. The van der Waals surface area contributed by atoms with E-state index in [1.165, 1.54) is 0 Å². The molecule has 7 nitrogen and oxygen atoms in total. The molecule has 0 bridgehead atoms. The number of nitrogens with zero attached hydrogens (tertiary/aromatic N) is 4. The van der Waals surface area contributed by atoms with Crippen molar-refractivity contribution in [2.45, 2.75) is 33.2 Å². The molecule has 3 rings (SSSR count). The largest absolute Gasteiger partial charge is 0.326 e. The molecule has 1 aliphatic heterocycles. The topological polar surface area (TPSA) is 70.5 Å². The van der Waals surface area contributed by atoms with Crippen molar-refractivity contribution in [3.8, 4) is 0 Å². The first-order valence-corrected chi connectivity index (χ1v) is 10.0. The number of carbonyl (C=O) groups excluding carboxylic acids is 2. The molecule has 2 heterocycles. The summed E-state index contributed by atoms with van der Waals surface area (Å²) in [5.41, 5.74) is 1.93. The molecule has 3 amide bonds. The van der Waals surface area contributed by atoms with E-state index < -0.39 is 0 Å². The monoisotopic (exact) mass is 383 g/mol. The zero-order chi connectivity index (χ0) is 19.9. The highest BCUT2D eigenvalue weighted by atomic mass is 16.2. The van der Waals surface area contributed by atoms with Crippen LogP contribution in [-0.2, 0) is 11.3 Å². The number of urea groups is 1. The van der Waals surface area contributed by atoms with Gasteiger partial charge in [0.1, 0.15) is 0 Å². The lowest BCUT2D eigenvalue weighted by Crippen LogP contribution is -2.47. The summed E-state index contributed by atoms with van der Waals surface area (Å²) in [6, 6.07) is 9.84. The minimum absolute atomic E-state index is 0.0368. The lowest BCUT2D eigenvalue weighted by Gasteiger charge is -2.34. The van der Waals surface area contributed by atoms with Gasteiger partial charge in [-0.1, -0.05) is 12.1 Å². The van der Waals surface area contributed by atoms with Crippen LogP contribution in [0.25, 0.3) is 0 Å². The second kappa shape index (κ2) is 9.39. The Bertz CT molecular complexity index is 761. The van der Waals surface area contributed by atoms with Crippen LogP contribution in [0.15, 0.2) is 42.7 Å². The summed E-state index contributed by atoms with van der Waals surface area (Å²) in [4.78, 5) is 28.7. The van der Waals surface area contributed by atoms with Crippen LogP contribution in [0.1, 0.15) is 32.3 Å². The number of hydrogen-bond donors (Lipinski definition) is 1.